The van der Waals surface area contributed by atoms with Gasteiger partial charge < -0.3 is 23.7 Å². The Balaban J connectivity index is 0.000000195. The standard InChI is InChI=1S/C29H8F8O7.C21H10F6O4/c1-8-11-4-2-9(6-13(11)28(39)41-8)42-25-21(34)17(30)15(18(31)22(25)35)16-19(32)23(36)26(24(37)20(16)33)43-10-3-5-12-14(7-10)29(40)44-27(12)38;1-9-6-16(28)14-7-10(2-4-12(9)14)19(20(22,23)24,21(25,26)27)11-3-5-13-15(8-11)18(30)31-17(13)29/h2-7H,1H2;2-5,7-8H,1,6H2. The van der Waals surface area contributed by atoms with Crippen LogP contribution in [0.4, 0.5) is 61.5 Å². The third-order valence-electron chi connectivity index (χ3n) is 11.9. The highest BCUT2D eigenvalue weighted by Gasteiger charge is 2.73. The van der Waals surface area contributed by atoms with Crippen LogP contribution in [0, 0.1) is 46.5 Å². The van der Waals surface area contributed by atoms with E-state index in [9.17, 15) is 72.7 Å². The fourth-order valence-corrected chi connectivity index (χ4v) is 8.43. The molecule has 10 rings (SSSR count). The normalized spacial score (nSPS) is 14.7. The number of benzene rings is 6. The van der Waals surface area contributed by atoms with Crippen LogP contribution in [0.15, 0.2) is 86.0 Å². The summed E-state index contributed by atoms with van der Waals surface area (Å²) in [5.41, 5.74) is -13.1. The van der Waals surface area contributed by atoms with Gasteiger partial charge in [0.2, 0.25) is 40.2 Å². The molecule has 0 saturated heterocycles. The van der Waals surface area contributed by atoms with Gasteiger partial charge >= 0.3 is 42.2 Å². The minimum Gasteiger partial charge on any atom is -0.451 e. The van der Waals surface area contributed by atoms with E-state index in [0.717, 1.165) is 36.4 Å². The molecule has 0 aromatic heterocycles. The number of ketones is 1. The quantitative estimate of drug-likeness (QED) is 0.0494. The second kappa shape index (κ2) is 17.5. The number of Topliss-reactive ketones (excluding diaryl/α,β-unsaturated/α-hetero) is 1. The molecular formula is C50H18F14O11. The molecule has 0 amide bonds. The minimum atomic E-state index is -5.92. The van der Waals surface area contributed by atoms with E-state index < -0.39 is 162 Å². The maximum Gasteiger partial charge on any atom is 0.411 e. The summed E-state index contributed by atoms with van der Waals surface area (Å²) in [5, 5.41) is 0. The van der Waals surface area contributed by atoms with Gasteiger partial charge in [-0.05, 0) is 76.9 Å². The fourth-order valence-electron chi connectivity index (χ4n) is 8.43. The lowest BCUT2D eigenvalue weighted by Crippen LogP contribution is -2.55. The van der Waals surface area contributed by atoms with Gasteiger partial charge in [-0.3, -0.25) is 4.79 Å². The number of hydrogen-bond donors (Lipinski definition) is 0. The molecule has 0 unspecified atom stereocenters. The van der Waals surface area contributed by atoms with E-state index in [1.807, 2.05) is 0 Å². The zero-order valence-corrected chi connectivity index (χ0v) is 36.3. The minimum absolute atomic E-state index is 0.0521. The molecule has 11 nitrogen and oxygen atoms in total. The molecule has 25 heteroatoms. The van der Waals surface area contributed by atoms with Gasteiger partial charge in [-0.15, -0.1) is 0 Å². The van der Waals surface area contributed by atoms with Gasteiger partial charge in [0.15, 0.2) is 29.1 Å². The first-order valence-corrected chi connectivity index (χ1v) is 20.5. The first-order chi connectivity index (χ1) is 35.1. The van der Waals surface area contributed by atoms with Gasteiger partial charge in [-0.2, -0.15) is 43.9 Å². The number of fused-ring (bicyclic) bond motifs is 4. The van der Waals surface area contributed by atoms with E-state index in [2.05, 4.69) is 22.6 Å². The smallest absolute Gasteiger partial charge is 0.411 e. The number of ether oxygens (including phenoxy) is 5. The van der Waals surface area contributed by atoms with Crippen LogP contribution in [0.1, 0.15) is 90.8 Å². The van der Waals surface area contributed by atoms with Gasteiger partial charge in [0.05, 0.1) is 38.9 Å². The highest BCUT2D eigenvalue weighted by atomic mass is 19.4. The van der Waals surface area contributed by atoms with E-state index in [0.29, 0.717) is 30.3 Å². The van der Waals surface area contributed by atoms with Gasteiger partial charge in [0, 0.05) is 17.5 Å². The van der Waals surface area contributed by atoms with Crippen LogP contribution in [-0.2, 0) is 19.6 Å². The van der Waals surface area contributed by atoms with Crippen molar-refractivity contribution in [2.75, 3.05) is 0 Å². The molecule has 6 aromatic carbocycles. The van der Waals surface area contributed by atoms with Crippen LogP contribution in [0.3, 0.4) is 0 Å². The Bertz CT molecular complexity index is 3390. The summed E-state index contributed by atoms with van der Waals surface area (Å²) in [6, 6.07) is 9.42. The lowest BCUT2D eigenvalue weighted by atomic mass is 9.71. The van der Waals surface area contributed by atoms with Crippen LogP contribution in [0.2, 0.25) is 0 Å². The van der Waals surface area contributed by atoms with E-state index in [-0.39, 0.29) is 45.6 Å². The third-order valence-corrected chi connectivity index (χ3v) is 11.9. The number of hydrogen-bond acceptors (Lipinski definition) is 11. The molecule has 382 valence electrons. The summed E-state index contributed by atoms with van der Waals surface area (Å²) in [5.74, 6) is -30.6. The van der Waals surface area contributed by atoms with Crippen LogP contribution >= 0.6 is 0 Å². The summed E-state index contributed by atoms with van der Waals surface area (Å²) in [6.07, 6.45) is -12.0. The van der Waals surface area contributed by atoms with Crippen LogP contribution in [-0.4, -0.2) is 48.0 Å². The van der Waals surface area contributed by atoms with Crippen molar-refractivity contribution >= 4 is 47.0 Å². The summed E-state index contributed by atoms with van der Waals surface area (Å²) in [4.78, 5) is 70.5. The Hall–Kier alpha value is -9.16. The van der Waals surface area contributed by atoms with E-state index >= 15 is 17.6 Å². The Labute approximate surface area is 406 Å². The van der Waals surface area contributed by atoms with Crippen molar-refractivity contribution in [3.05, 3.63) is 188 Å². The second-order valence-corrected chi connectivity index (χ2v) is 16.2. The lowest BCUT2D eigenvalue weighted by molar-refractivity contribution is -0.288. The Morgan fingerprint density at radius 2 is 0.747 bits per heavy atom. The van der Waals surface area contributed by atoms with Crippen LogP contribution < -0.4 is 9.47 Å². The number of cyclic esters (lactones) is 5. The zero-order chi connectivity index (χ0) is 54.7. The van der Waals surface area contributed by atoms with Gasteiger partial charge in [0.1, 0.15) is 17.3 Å². The molecule has 3 heterocycles. The molecule has 4 aliphatic rings. The number of carbonyl (C=O) groups is 6. The fraction of sp³-hybridized carbons (Fsp3) is 0.0800. The number of halogens is 14. The van der Waals surface area contributed by atoms with Crippen molar-refractivity contribution in [1.29, 1.82) is 0 Å². The molecule has 75 heavy (non-hydrogen) atoms. The van der Waals surface area contributed by atoms with Gasteiger partial charge in [-0.25, -0.2) is 41.5 Å². The number of carbonyl (C=O) groups excluding carboxylic acids is 6. The molecule has 0 bridgehead atoms. The molecule has 3 aliphatic heterocycles. The van der Waals surface area contributed by atoms with Crippen LogP contribution in [0.5, 0.6) is 23.0 Å². The Kier molecular flexibility index (Phi) is 11.9. The van der Waals surface area contributed by atoms with Crippen molar-refractivity contribution in [1.82, 2.24) is 0 Å². The number of rotatable bonds is 7. The van der Waals surface area contributed by atoms with Gasteiger partial charge in [0.25, 0.3) is 0 Å². The summed E-state index contributed by atoms with van der Waals surface area (Å²) < 4.78 is 229. The summed E-state index contributed by atoms with van der Waals surface area (Å²) in [7, 11) is 0. The number of allylic oxidation sites excluding steroid dienone is 1. The number of alkyl halides is 6. The molecule has 1 aliphatic carbocycles. The molecule has 0 atom stereocenters. The first-order valence-electron chi connectivity index (χ1n) is 20.5. The van der Waals surface area contributed by atoms with Crippen molar-refractivity contribution in [3.8, 4) is 34.1 Å². The van der Waals surface area contributed by atoms with E-state index in [4.69, 9.17) is 14.2 Å². The Morgan fingerprint density at radius 1 is 0.400 bits per heavy atom. The molecule has 0 fully saturated rings. The lowest BCUT2D eigenvalue weighted by Gasteiger charge is -2.38. The molecule has 0 spiro atoms. The third kappa shape index (κ3) is 7.83. The van der Waals surface area contributed by atoms with Crippen molar-refractivity contribution in [2.45, 2.75) is 24.2 Å². The molecule has 6 aromatic rings. The average molecular weight is 1060 g/mol. The zero-order valence-electron chi connectivity index (χ0n) is 36.3. The van der Waals surface area contributed by atoms with Crippen molar-refractivity contribution in [2.24, 2.45) is 0 Å². The van der Waals surface area contributed by atoms with Crippen LogP contribution in [0.25, 0.3) is 22.5 Å². The van der Waals surface area contributed by atoms with Crippen molar-refractivity contribution in [3.63, 3.8) is 0 Å². The maximum absolute atomic E-state index is 15.1. The van der Waals surface area contributed by atoms with Gasteiger partial charge in [-0.1, -0.05) is 31.4 Å². The SMILES string of the molecule is C=C1CC(=O)c2cc(C(c3ccc4c(c3)C(=O)OC4=O)(C(F)(F)F)C(F)(F)F)ccc21.C=C1OC(=O)c2cc(Oc3c(F)c(F)c(-c4c(F)c(F)c(Oc5ccc6c(c5)C(=O)OC6=O)c(F)c4F)c(F)c3F)ccc21. The molecule has 0 N–H and O–H groups in total. The highest BCUT2D eigenvalue weighted by Crippen LogP contribution is 2.57. The predicted octanol–water partition coefficient (Wildman–Crippen LogP) is 12.5. The predicted molar refractivity (Wildman–Crippen MR) is 222 cm³/mol. The van der Waals surface area contributed by atoms with E-state index in [1.165, 1.54) is 6.07 Å². The largest absolute Gasteiger partial charge is 0.451 e. The first kappa shape index (κ1) is 50.8. The topological polar surface area (TPSA) is 149 Å². The van der Waals surface area contributed by atoms with E-state index in [1.54, 1.807) is 0 Å². The highest BCUT2D eigenvalue weighted by molar-refractivity contribution is 6.16. The van der Waals surface area contributed by atoms with Crippen molar-refractivity contribution < 1.29 is 114 Å². The monoisotopic (exact) mass is 1060 g/mol. The Morgan fingerprint density at radius 3 is 1.19 bits per heavy atom. The average Bonchev–Trinajstić information content (AvgIpc) is 4.01. The summed E-state index contributed by atoms with van der Waals surface area (Å²) in [6.45, 7) is 7.07. The molecular weight excluding hydrogens is 1040 g/mol. The second-order valence-electron chi connectivity index (χ2n) is 16.2. The molecule has 0 saturated carbocycles. The molecule has 0 radical (unpaired) electrons. The number of esters is 5. The summed E-state index contributed by atoms with van der Waals surface area (Å²) >= 11 is 0. The maximum atomic E-state index is 15.1.